The van der Waals surface area contributed by atoms with Gasteiger partial charge < -0.3 is 0 Å². The van der Waals surface area contributed by atoms with Crippen molar-refractivity contribution < 1.29 is 9.18 Å². The third-order valence-corrected chi connectivity index (χ3v) is 2.01. The van der Waals surface area contributed by atoms with E-state index in [-0.39, 0.29) is 5.78 Å². The van der Waals surface area contributed by atoms with E-state index >= 15 is 0 Å². The maximum absolute atomic E-state index is 12.6. The van der Waals surface area contributed by atoms with Gasteiger partial charge in [0.15, 0.2) is 0 Å². The molecule has 0 aromatic carbocycles. The molecule has 0 N–H and O–H groups in total. The lowest BCUT2D eigenvalue weighted by Crippen LogP contribution is -2.27. The second-order valence-electron chi connectivity index (χ2n) is 3.01. The van der Waals surface area contributed by atoms with Crippen molar-refractivity contribution in [3.8, 4) is 0 Å². The van der Waals surface area contributed by atoms with E-state index in [1.54, 1.807) is 0 Å². The van der Waals surface area contributed by atoms with Crippen LogP contribution in [0.4, 0.5) is 4.39 Å². The molecule has 0 saturated carbocycles. The molecule has 1 aliphatic rings. The quantitative estimate of drug-likeness (QED) is 0.677. The number of nitrogens with zero attached hydrogens (tertiary/aromatic N) is 1. The molecule has 1 aliphatic heterocycles. The first-order valence-electron chi connectivity index (χ1n) is 5.10. The van der Waals surface area contributed by atoms with Gasteiger partial charge in [0.05, 0.1) is 6.54 Å². The highest BCUT2D eigenvalue weighted by Crippen LogP contribution is 2.11. The standard InChI is InChI=1S/C8H14FNO.C2H6/c1-2-8(11)6-10-4-3-7(9)5-10;1-2/h7H,2-6H2,1H3;1-2H3. The molecule has 0 spiro atoms. The first-order valence-corrected chi connectivity index (χ1v) is 5.10. The number of alkyl halides is 1. The smallest absolute Gasteiger partial charge is 0.146 e. The molecule has 1 unspecified atom stereocenters. The van der Waals surface area contributed by atoms with Crippen molar-refractivity contribution >= 4 is 5.78 Å². The van der Waals surface area contributed by atoms with E-state index in [0.29, 0.717) is 25.9 Å². The van der Waals surface area contributed by atoms with Crippen molar-refractivity contribution in [1.82, 2.24) is 4.90 Å². The van der Waals surface area contributed by atoms with E-state index in [0.717, 1.165) is 6.54 Å². The van der Waals surface area contributed by atoms with Crippen molar-refractivity contribution in [3.63, 3.8) is 0 Å². The van der Waals surface area contributed by atoms with Crippen molar-refractivity contribution in [3.05, 3.63) is 0 Å². The average Bonchev–Trinajstić information content (AvgIpc) is 2.54. The van der Waals surface area contributed by atoms with Crippen LogP contribution in [-0.2, 0) is 4.79 Å². The third-order valence-electron chi connectivity index (χ3n) is 2.01. The zero-order chi connectivity index (χ0) is 10.3. The highest BCUT2D eigenvalue weighted by atomic mass is 19.1. The Hall–Kier alpha value is -0.440. The van der Waals surface area contributed by atoms with Gasteiger partial charge in [-0.2, -0.15) is 0 Å². The van der Waals surface area contributed by atoms with Gasteiger partial charge in [-0.15, -0.1) is 0 Å². The van der Waals surface area contributed by atoms with Crippen molar-refractivity contribution in [2.24, 2.45) is 0 Å². The van der Waals surface area contributed by atoms with Crippen molar-refractivity contribution in [2.45, 2.75) is 39.8 Å². The SMILES string of the molecule is CC.CCC(=O)CN1CCC(F)C1. The number of hydrogen-bond donors (Lipinski definition) is 0. The molecular weight excluding hydrogens is 169 g/mol. The number of ketones is 1. The average molecular weight is 189 g/mol. The number of carbonyl (C=O) groups is 1. The zero-order valence-electron chi connectivity index (χ0n) is 8.85. The predicted octanol–water partition coefficient (Wildman–Crippen LogP) is 2.04. The molecule has 0 aliphatic carbocycles. The molecule has 78 valence electrons. The number of likely N-dealkylation sites (tertiary alicyclic amines) is 1. The van der Waals surface area contributed by atoms with Gasteiger partial charge in [0.2, 0.25) is 0 Å². The largest absolute Gasteiger partial charge is 0.298 e. The molecule has 1 rings (SSSR count). The van der Waals surface area contributed by atoms with Gasteiger partial charge in [-0.05, 0) is 6.42 Å². The molecule has 0 bridgehead atoms. The first-order chi connectivity index (χ1) is 6.22. The fraction of sp³-hybridized carbons (Fsp3) is 0.900. The molecule has 1 fully saturated rings. The zero-order valence-corrected chi connectivity index (χ0v) is 8.85. The molecular formula is C10H20FNO. The Bertz CT molecular complexity index is 150. The minimum Gasteiger partial charge on any atom is -0.298 e. The minimum absolute atomic E-state index is 0.208. The highest BCUT2D eigenvalue weighted by Gasteiger charge is 2.22. The fourth-order valence-corrected chi connectivity index (χ4v) is 1.29. The first kappa shape index (κ1) is 12.6. The predicted molar refractivity (Wildman–Crippen MR) is 52.6 cm³/mol. The Labute approximate surface area is 80.1 Å². The lowest BCUT2D eigenvalue weighted by atomic mass is 10.3. The summed E-state index contributed by atoms with van der Waals surface area (Å²) in [5.41, 5.74) is 0. The Morgan fingerprint density at radius 2 is 2.15 bits per heavy atom. The topological polar surface area (TPSA) is 20.3 Å². The monoisotopic (exact) mass is 189 g/mol. The maximum atomic E-state index is 12.6. The summed E-state index contributed by atoms with van der Waals surface area (Å²) in [4.78, 5) is 12.8. The summed E-state index contributed by atoms with van der Waals surface area (Å²) in [5.74, 6) is 0.208. The van der Waals surface area contributed by atoms with E-state index in [9.17, 15) is 9.18 Å². The molecule has 2 nitrogen and oxygen atoms in total. The van der Waals surface area contributed by atoms with Crippen LogP contribution in [0.1, 0.15) is 33.6 Å². The molecule has 0 amide bonds. The summed E-state index contributed by atoms with van der Waals surface area (Å²) in [6.07, 6.45) is 0.449. The van der Waals surface area contributed by atoms with Gasteiger partial charge in [0.25, 0.3) is 0 Å². The second-order valence-corrected chi connectivity index (χ2v) is 3.01. The Morgan fingerprint density at radius 3 is 2.54 bits per heavy atom. The van der Waals surface area contributed by atoms with Crippen LogP contribution in [0.15, 0.2) is 0 Å². The summed E-state index contributed by atoms with van der Waals surface area (Å²) in [6, 6.07) is 0. The third kappa shape index (κ3) is 4.98. The Balaban J connectivity index is 0.000000671. The molecule has 3 heteroatoms. The van der Waals surface area contributed by atoms with Crippen LogP contribution in [0, 0.1) is 0 Å². The fourth-order valence-electron chi connectivity index (χ4n) is 1.29. The van der Waals surface area contributed by atoms with E-state index in [4.69, 9.17) is 0 Å². The molecule has 1 saturated heterocycles. The van der Waals surface area contributed by atoms with Crippen molar-refractivity contribution in [2.75, 3.05) is 19.6 Å². The summed E-state index contributed by atoms with van der Waals surface area (Å²) >= 11 is 0. The van der Waals surface area contributed by atoms with Crippen molar-refractivity contribution in [1.29, 1.82) is 0 Å². The van der Waals surface area contributed by atoms with E-state index in [1.165, 1.54) is 0 Å². The molecule has 1 atom stereocenters. The molecule has 0 aromatic rings. The molecule has 13 heavy (non-hydrogen) atoms. The van der Waals surface area contributed by atoms with Gasteiger partial charge in [-0.1, -0.05) is 20.8 Å². The van der Waals surface area contributed by atoms with Gasteiger partial charge in [-0.3, -0.25) is 9.69 Å². The van der Waals surface area contributed by atoms with Crippen LogP contribution >= 0.6 is 0 Å². The van der Waals surface area contributed by atoms with Crippen LogP contribution in [-0.4, -0.2) is 36.5 Å². The maximum Gasteiger partial charge on any atom is 0.146 e. The summed E-state index contributed by atoms with van der Waals surface area (Å²) in [5, 5.41) is 0. The Kier molecular flexibility index (Phi) is 6.77. The number of halogens is 1. The Morgan fingerprint density at radius 1 is 1.54 bits per heavy atom. The van der Waals surface area contributed by atoms with Gasteiger partial charge in [0, 0.05) is 19.5 Å². The minimum atomic E-state index is -0.709. The van der Waals surface area contributed by atoms with Gasteiger partial charge in [0.1, 0.15) is 12.0 Å². The molecule has 1 heterocycles. The van der Waals surface area contributed by atoms with Crippen LogP contribution in [0.3, 0.4) is 0 Å². The van der Waals surface area contributed by atoms with Gasteiger partial charge >= 0.3 is 0 Å². The number of hydrogen-bond acceptors (Lipinski definition) is 2. The summed E-state index contributed by atoms with van der Waals surface area (Å²) in [6.45, 7) is 7.47. The van der Waals surface area contributed by atoms with Gasteiger partial charge in [-0.25, -0.2) is 4.39 Å². The lowest BCUT2D eigenvalue weighted by molar-refractivity contribution is -0.119. The van der Waals surface area contributed by atoms with Crippen LogP contribution in [0.5, 0.6) is 0 Å². The van der Waals surface area contributed by atoms with Crippen LogP contribution in [0.25, 0.3) is 0 Å². The van der Waals surface area contributed by atoms with Crippen LogP contribution in [0.2, 0.25) is 0 Å². The summed E-state index contributed by atoms with van der Waals surface area (Å²) in [7, 11) is 0. The van der Waals surface area contributed by atoms with E-state index < -0.39 is 6.17 Å². The molecule has 0 aromatic heterocycles. The normalized spacial score (nSPS) is 22.3. The second kappa shape index (κ2) is 7.01. The molecule has 0 radical (unpaired) electrons. The lowest BCUT2D eigenvalue weighted by Gasteiger charge is -2.11. The number of carbonyl (C=O) groups excluding carboxylic acids is 1. The van der Waals surface area contributed by atoms with E-state index in [1.807, 2.05) is 25.7 Å². The van der Waals surface area contributed by atoms with Crippen LogP contribution < -0.4 is 0 Å². The number of Topliss-reactive ketones (excluding diaryl/α,β-unsaturated/α-hetero) is 1. The summed E-state index contributed by atoms with van der Waals surface area (Å²) < 4.78 is 12.6. The van der Waals surface area contributed by atoms with E-state index in [2.05, 4.69) is 0 Å². The number of rotatable bonds is 3. The highest BCUT2D eigenvalue weighted by molar-refractivity contribution is 5.80.